The lowest BCUT2D eigenvalue weighted by Crippen LogP contribution is -1.90. The van der Waals surface area contributed by atoms with Gasteiger partial charge >= 0.3 is 0 Å². The fourth-order valence-corrected chi connectivity index (χ4v) is 2.27. The topological polar surface area (TPSA) is 4.93 Å². The summed E-state index contributed by atoms with van der Waals surface area (Å²) in [6.45, 7) is 0. The van der Waals surface area contributed by atoms with Gasteiger partial charge in [-0.3, -0.25) is 0 Å². The van der Waals surface area contributed by atoms with E-state index in [-0.39, 0.29) is 0 Å². The van der Waals surface area contributed by atoms with Crippen molar-refractivity contribution in [2.24, 2.45) is 0 Å². The van der Waals surface area contributed by atoms with Gasteiger partial charge in [-0.1, -0.05) is 18.2 Å². The molecule has 0 amide bonds. The first-order valence-corrected chi connectivity index (χ1v) is 6.24. The molecule has 0 spiro atoms. The van der Waals surface area contributed by atoms with Gasteiger partial charge < -0.3 is 4.57 Å². The fourth-order valence-electron chi connectivity index (χ4n) is 1.91. The molecule has 3 rings (SSSR count). The molecule has 2 heteroatoms. The highest BCUT2D eigenvalue weighted by Crippen LogP contribution is 2.20. The van der Waals surface area contributed by atoms with Crippen molar-refractivity contribution in [1.82, 2.24) is 4.57 Å². The van der Waals surface area contributed by atoms with Crippen molar-refractivity contribution < 1.29 is 0 Å². The number of rotatable bonds is 1. The van der Waals surface area contributed by atoms with Crippen LogP contribution in [0, 0.1) is 3.57 Å². The number of hydrogen-bond donors (Lipinski definition) is 0. The summed E-state index contributed by atoms with van der Waals surface area (Å²) < 4.78 is 3.48. The van der Waals surface area contributed by atoms with Crippen LogP contribution in [0.4, 0.5) is 0 Å². The van der Waals surface area contributed by atoms with E-state index >= 15 is 0 Å². The average Bonchev–Trinajstić information content (AvgIpc) is 2.74. The second-order valence-electron chi connectivity index (χ2n) is 3.72. The summed E-state index contributed by atoms with van der Waals surface area (Å²) in [5.41, 5.74) is 2.46. The Morgan fingerprint density at radius 1 is 0.812 bits per heavy atom. The van der Waals surface area contributed by atoms with Crippen LogP contribution in [0.5, 0.6) is 0 Å². The van der Waals surface area contributed by atoms with E-state index in [1.807, 2.05) is 0 Å². The van der Waals surface area contributed by atoms with Gasteiger partial charge in [0.1, 0.15) is 0 Å². The van der Waals surface area contributed by atoms with Crippen molar-refractivity contribution in [2.75, 3.05) is 0 Å². The van der Waals surface area contributed by atoms with E-state index in [4.69, 9.17) is 0 Å². The fraction of sp³-hybridized carbons (Fsp3) is 0. The standard InChI is InChI=1S/C14H10IN/c15-12-5-7-13(8-6-12)16-10-9-11-3-1-2-4-14(11)16/h1-10H. The van der Waals surface area contributed by atoms with E-state index in [9.17, 15) is 0 Å². The largest absolute Gasteiger partial charge is 0.317 e. The Kier molecular flexibility index (Phi) is 2.44. The summed E-state index contributed by atoms with van der Waals surface area (Å²) in [6, 6.07) is 19.1. The van der Waals surface area contributed by atoms with Crippen LogP contribution in [0.2, 0.25) is 0 Å². The Morgan fingerprint density at radius 3 is 2.38 bits per heavy atom. The zero-order valence-corrected chi connectivity index (χ0v) is 10.8. The van der Waals surface area contributed by atoms with Crippen molar-refractivity contribution in [2.45, 2.75) is 0 Å². The van der Waals surface area contributed by atoms with Crippen molar-refractivity contribution >= 4 is 33.5 Å². The van der Waals surface area contributed by atoms with Gasteiger partial charge in [0.2, 0.25) is 0 Å². The molecule has 0 aliphatic rings. The van der Waals surface area contributed by atoms with Crippen molar-refractivity contribution in [3.63, 3.8) is 0 Å². The summed E-state index contributed by atoms with van der Waals surface area (Å²) in [5.74, 6) is 0. The Balaban J connectivity index is 2.22. The third-order valence-electron chi connectivity index (χ3n) is 2.70. The van der Waals surface area contributed by atoms with Gasteiger partial charge in [0, 0.05) is 15.5 Å². The number of halogens is 1. The molecule has 0 aliphatic carbocycles. The van der Waals surface area contributed by atoms with Crippen LogP contribution in [-0.4, -0.2) is 4.57 Å². The summed E-state index contributed by atoms with van der Waals surface area (Å²) in [4.78, 5) is 0. The average molecular weight is 319 g/mol. The maximum absolute atomic E-state index is 2.32. The van der Waals surface area contributed by atoms with Crippen molar-refractivity contribution in [1.29, 1.82) is 0 Å². The zero-order chi connectivity index (χ0) is 11.0. The van der Waals surface area contributed by atoms with Gasteiger partial charge in [0.25, 0.3) is 0 Å². The van der Waals surface area contributed by atoms with Gasteiger partial charge in [0.15, 0.2) is 0 Å². The maximum Gasteiger partial charge on any atom is 0.0528 e. The quantitative estimate of drug-likeness (QED) is 0.592. The summed E-state index contributed by atoms with van der Waals surface area (Å²) in [5, 5.41) is 1.28. The molecule has 1 nitrogen and oxygen atoms in total. The molecular weight excluding hydrogens is 309 g/mol. The molecule has 0 fully saturated rings. The number of para-hydroxylation sites is 1. The first-order chi connectivity index (χ1) is 7.84. The van der Waals surface area contributed by atoms with Gasteiger partial charge in [0.05, 0.1) is 5.52 Å². The molecule has 3 aromatic rings. The van der Waals surface area contributed by atoms with Gasteiger partial charge in [-0.05, 0) is 64.4 Å². The van der Waals surface area contributed by atoms with Crippen molar-refractivity contribution in [3.05, 3.63) is 64.4 Å². The molecule has 0 saturated carbocycles. The number of aromatic nitrogens is 1. The van der Waals surface area contributed by atoms with E-state index in [1.54, 1.807) is 0 Å². The highest BCUT2D eigenvalue weighted by atomic mass is 127. The maximum atomic E-state index is 2.32. The minimum absolute atomic E-state index is 1.21. The van der Waals surface area contributed by atoms with Crippen LogP contribution in [0.3, 0.4) is 0 Å². The van der Waals surface area contributed by atoms with Gasteiger partial charge in [-0.2, -0.15) is 0 Å². The van der Waals surface area contributed by atoms with Crippen LogP contribution in [0.25, 0.3) is 16.6 Å². The molecule has 2 aromatic carbocycles. The Hall–Kier alpha value is -1.29. The summed E-state index contributed by atoms with van der Waals surface area (Å²) >= 11 is 2.32. The Labute approximate surface area is 108 Å². The number of benzene rings is 2. The van der Waals surface area contributed by atoms with E-state index in [2.05, 4.69) is 88.0 Å². The number of nitrogens with zero attached hydrogens (tertiary/aromatic N) is 1. The third-order valence-corrected chi connectivity index (χ3v) is 3.42. The summed E-state index contributed by atoms with van der Waals surface area (Å²) in [6.07, 6.45) is 2.12. The van der Waals surface area contributed by atoms with Crippen LogP contribution in [0.15, 0.2) is 60.8 Å². The lowest BCUT2D eigenvalue weighted by molar-refractivity contribution is 1.13. The molecule has 0 bridgehead atoms. The predicted octanol–water partition coefficient (Wildman–Crippen LogP) is 4.24. The zero-order valence-electron chi connectivity index (χ0n) is 8.60. The first-order valence-electron chi connectivity index (χ1n) is 5.17. The normalized spacial score (nSPS) is 10.8. The molecule has 0 unspecified atom stereocenters. The lowest BCUT2D eigenvalue weighted by atomic mass is 10.2. The Morgan fingerprint density at radius 2 is 1.56 bits per heavy atom. The third kappa shape index (κ3) is 1.63. The monoisotopic (exact) mass is 319 g/mol. The molecule has 78 valence electrons. The molecule has 0 aliphatic heterocycles. The van der Waals surface area contributed by atoms with Gasteiger partial charge in [-0.25, -0.2) is 0 Å². The minimum Gasteiger partial charge on any atom is -0.317 e. The second kappa shape index (κ2) is 3.94. The molecule has 1 aromatic heterocycles. The van der Waals surface area contributed by atoms with E-state index in [0.717, 1.165) is 0 Å². The molecular formula is C14H10IN. The highest BCUT2D eigenvalue weighted by molar-refractivity contribution is 14.1. The van der Waals surface area contributed by atoms with Crippen LogP contribution < -0.4 is 0 Å². The van der Waals surface area contributed by atoms with Crippen molar-refractivity contribution in [3.8, 4) is 5.69 Å². The van der Waals surface area contributed by atoms with E-state index < -0.39 is 0 Å². The summed E-state index contributed by atoms with van der Waals surface area (Å²) in [7, 11) is 0. The number of fused-ring (bicyclic) bond motifs is 1. The predicted molar refractivity (Wildman–Crippen MR) is 76.0 cm³/mol. The minimum atomic E-state index is 1.21. The SMILES string of the molecule is Ic1ccc(-n2ccc3ccccc32)cc1. The smallest absolute Gasteiger partial charge is 0.0528 e. The lowest BCUT2D eigenvalue weighted by Gasteiger charge is -2.05. The molecule has 1 heterocycles. The first kappa shape index (κ1) is 9.90. The molecule has 0 saturated heterocycles. The molecule has 0 N–H and O–H groups in total. The van der Waals surface area contributed by atoms with Crippen LogP contribution in [-0.2, 0) is 0 Å². The van der Waals surface area contributed by atoms with E-state index in [1.165, 1.54) is 20.2 Å². The molecule has 0 atom stereocenters. The molecule has 0 radical (unpaired) electrons. The Bertz CT molecular complexity index is 623. The van der Waals surface area contributed by atoms with Crippen LogP contribution in [0.1, 0.15) is 0 Å². The highest BCUT2D eigenvalue weighted by Gasteiger charge is 2.01. The van der Waals surface area contributed by atoms with E-state index in [0.29, 0.717) is 0 Å². The van der Waals surface area contributed by atoms with Crippen LogP contribution >= 0.6 is 22.6 Å². The number of hydrogen-bond acceptors (Lipinski definition) is 0. The van der Waals surface area contributed by atoms with Gasteiger partial charge in [-0.15, -0.1) is 0 Å². The second-order valence-corrected chi connectivity index (χ2v) is 4.97. The molecule has 16 heavy (non-hydrogen) atoms.